The maximum atomic E-state index is 11.8. The van der Waals surface area contributed by atoms with E-state index in [-0.39, 0.29) is 18.9 Å². The third kappa shape index (κ3) is 3.74. The molecule has 1 rings (SSSR count). The van der Waals surface area contributed by atoms with Gasteiger partial charge in [0.05, 0.1) is 12.7 Å². The van der Waals surface area contributed by atoms with Gasteiger partial charge in [0.1, 0.15) is 5.75 Å². The number of aliphatic hydroxyl groups is 1. The van der Waals surface area contributed by atoms with Gasteiger partial charge in [0.15, 0.2) is 6.10 Å². The van der Waals surface area contributed by atoms with Gasteiger partial charge in [0.25, 0.3) is 5.91 Å². The smallest absolute Gasteiger partial charge is 0.332 e. The summed E-state index contributed by atoms with van der Waals surface area (Å²) in [5.74, 6) is -1.24. The molecule has 6 nitrogen and oxygen atoms in total. The third-order valence-corrected chi connectivity index (χ3v) is 2.34. The van der Waals surface area contributed by atoms with Crippen molar-refractivity contribution in [3.8, 4) is 5.75 Å². The van der Waals surface area contributed by atoms with Crippen LogP contribution in [0.5, 0.6) is 5.75 Å². The van der Waals surface area contributed by atoms with E-state index in [2.05, 4.69) is 5.32 Å². The molecule has 0 heterocycles. The molecule has 0 radical (unpaired) electrons. The van der Waals surface area contributed by atoms with Crippen LogP contribution < -0.4 is 10.1 Å². The Labute approximate surface area is 104 Å². The number of carbonyl (C=O) groups excluding carboxylic acids is 1. The van der Waals surface area contributed by atoms with Gasteiger partial charge in [-0.25, -0.2) is 4.79 Å². The van der Waals surface area contributed by atoms with Crippen molar-refractivity contribution in [3.05, 3.63) is 29.8 Å². The molecule has 1 aromatic rings. The lowest BCUT2D eigenvalue weighted by Gasteiger charge is -2.09. The highest BCUT2D eigenvalue weighted by Crippen LogP contribution is 2.16. The van der Waals surface area contributed by atoms with Crippen molar-refractivity contribution in [1.29, 1.82) is 0 Å². The Bertz CT molecular complexity index is 432. The van der Waals surface area contributed by atoms with E-state index < -0.39 is 12.1 Å². The molecule has 6 heteroatoms. The molecule has 0 saturated heterocycles. The number of methoxy groups -OCH3 is 1. The summed E-state index contributed by atoms with van der Waals surface area (Å²) in [5, 5.41) is 20.0. The lowest BCUT2D eigenvalue weighted by molar-refractivity contribution is -0.146. The molecule has 1 atom stereocenters. The zero-order valence-electron chi connectivity index (χ0n) is 9.92. The first kappa shape index (κ1) is 14.0. The second-order valence-electron chi connectivity index (χ2n) is 3.60. The van der Waals surface area contributed by atoms with Crippen LogP contribution in [-0.2, 0) is 4.79 Å². The Hall–Kier alpha value is -2.08. The van der Waals surface area contributed by atoms with Gasteiger partial charge in [-0.05, 0) is 12.1 Å². The summed E-state index contributed by atoms with van der Waals surface area (Å²) in [6.07, 6.45) is -1.51. The average molecular weight is 253 g/mol. The van der Waals surface area contributed by atoms with Gasteiger partial charge in [-0.3, -0.25) is 4.79 Å². The van der Waals surface area contributed by atoms with Crippen molar-refractivity contribution < 1.29 is 24.5 Å². The zero-order chi connectivity index (χ0) is 13.5. The Morgan fingerprint density at radius 2 is 2.06 bits per heavy atom. The van der Waals surface area contributed by atoms with E-state index in [0.29, 0.717) is 11.3 Å². The molecule has 98 valence electrons. The fourth-order valence-electron chi connectivity index (χ4n) is 1.37. The number of rotatable bonds is 6. The molecular formula is C12H15NO5. The molecule has 0 fully saturated rings. The third-order valence-electron chi connectivity index (χ3n) is 2.34. The fourth-order valence-corrected chi connectivity index (χ4v) is 1.37. The predicted octanol–water partition coefficient (Wildman–Crippen LogP) is 0.261. The number of carbonyl (C=O) groups is 2. The van der Waals surface area contributed by atoms with Crippen LogP contribution in [0.15, 0.2) is 24.3 Å². The van der Waals surface area contributed by atoms with Crippen molar-refractivity contribution in [2.45, 2.75) is 12.5 Å². The first-order valence-corrected chi connectivity index (χ1v) is 5.38. The van der Waals surface area contributed by atoms with Crippen LogP contribution in [0.1, 0.15) is 16.8 Å². The van der Waals surface area contributed by atoms with E-state index in [9.17, 15) is 9.59 Å². The molecule has 0 saturated carbocycles. The highest BCUT2D eigenvalue weighted by atomic mass is 16.5. The van der Waals surface area contributed by atoms with Crippen LogP contribution in [0.2, 0.25) is 0 Å². The van der Waals surface area contributed by atoms with Gasteiger partial charge in [0.2, 0.25) is 0 Å². The maximum absolute atomic E-state index is 11.8. The molecule has 18 heavy (non-hydrogen) atoms. The predicted molar refractivity (Wildman–Crippen MR) is 63.6 cm³/mol. The Morgan fingerprint density at radius 1 is 1.39 bits per heavy atom. The lowest BCUT2D eigenvalue weighted by atomic mass is 10.2. The first-order chi connectivity index (χ1) is 8.56. The molecule has 1 amide bonds. The Kier molecular flexibility index (Phi) is 5.13. The highest BCUT2D eigenvalue weighted by molar-refractivity contribution is 5.96. The number of nitrogens with one attached hydrogen (secondary N) is 1. The summed E-state index contributed by atoms with van der Waals surface area (Å²) in [5.41, 5.74) is 0.366. The summed E-state index contributed by atoms with van der Waals surface area (Å²) in [7, 11) is 1.46. The first-order valence-electron chi connectivity index (χ1n) is 5.38. The fraction of sp³-hybridized carbons (Fsp3) is 0.333. The summed E-state index contributed by atoms with van der Waals surface area (Å²) in [6.45, 7) is 0.0738. The standard InChI is InChI=1S/C12H15NO5/c1-18-10-5-3-2-4-8(10)11(15)13-7-6-9(14)12(16)17/h2-5,9,14H,6-7H2,1H3,(H,13,15)(H,16,17)/t9-/m0/s1. The van der Waals surface area contributed by atoms with Crippen LogP contribution in [0.4, 0.5) is 0 Å². The number of benzene rings is 1. The van der Waals surface area contributed by atoms with Gasteiger partial charge >= 0.3 is 5.97 Å². The van der Waals surface area contributed by atoms with E-state index >= 15 is 0 Å². The molecule has 0 aliphatic carbocycles. The summed E-state index contributed by atoms with van der Waals surface area (Å²) >= 11 is 0. The van der Waals surface area contributed by atoms with Crippen molar-refractivity contribution in [1.82, 2.24) is 5.32 Å². The number of hydrogen-bond acceptors (Lipinski definition) is 4. The minimum absolute atomic E-state index is 0.0454. The molecular weight excluding hydrogens is 238 g/mol. The number of para-hydroxylation sites is 1. The molecule has 0 spiro atoms. The van der Waals surface area contributed by atoms with Gasteiger partial charge in [-0.2, -0.15) is 0 Å². The number of hydrogen-bond donors (Lipinski definition) is 3. The van der Waals surface area contributed by atoms with Crippen LogP contribution in [-0.4, -0.2) is 41.8 Å². The monoisotopic (exact) mass is 253 g/mol. The number of carboxylic acid groups (broad SMARTS) is 1. The minimum atomic E-state index is -1.47. The SMILES string of the molecule is COc1ccccc1C(=O)NCC[C@H](O)C(=O)O. The average Bonchev–Trinajstić information content (AvgIpc) is 2.38. The summed E-state index contributed by atoms with van der Waals surface area (Å²) < 4.78 is 5.03. The minimum Gasteiger partial charge on any atom is -0.496 e. The zero-order valence-corrected chi connectivity index (χ0v) is 9.92. The van der Waals surface area contributed by atoms with Crippen molar-refractivity contribution >= 4 is 11.9 Å². The van der Waals surface area contributed by atoms with Gasteiger partial charge in [0, 0.05) is 13.0 Å². The number of aliphatic hydroxyl groups excluding tert-OH is 1. The number of aliphatic carboxylic acids is 1. The topological polar surface area (TPSA) is 95.9 Å². The molecule has 0 unspecified atom stereocenters. The number of amides is 1. The second-order valence-corrected chi connectivity index (χ2v) is 3.60. The van der Waals surface area contributed by atoms with Crippen molar-refractivity contribution in [2.75, 3.05) is 13.7 Å². The van der Waals surface area contributed by atoms with E-state index in [1.165, 1.54) is 7.11 Å². The van der Waals surface area contributed by atoms with Crippen molar-refractivity contribution in [2.24, 2.45) is 0 Å². The molecule has 0 aliphatic rings. The summed E-state index contributed by atoms with van der Waals surface area (Å²) in [4.78, 5) is 22.1. The van der Waals surface area contributed by atoms with Crippen LogP contribution in [0.25, 0.3) is 0 Å². The highest BCUT2D eigenvalue weighted by Gasteiger charge is 2.14. The second kappa shape index (κ2) is 6.61. The van der Waals surface area contributed by atoms with Gasteiger partial charge < -0.3 is 20.3 Å². The molecule has 0 aliphatic heterocycles. The Balaban J connectivity index is 2.53. The van der Waals surface area contributed by atoms with E-state index in [1.807, 2.05) is 0 Å². The Morgan fingerprint density at radius 3 is 2.67 bits per heavy atom. The van der Waals surface area contributed by atoms with Crippen LogP contribution in [0.3, 0.4) is 0 Å². The maximum Gasteiger partial charge on any atom is 0.332 e. The quantitative estimate of drug-likeness (QED) is 0.676. The van der Waals surface area contributed by atoms with Crippen LogP contribution >= 0.6 is 0 Å². The van der Waals surface area contributed by atoms with Crippen molar-refractivity contribution in [3.63, 3.8) is 0 Å². The number of carboxylic acids is 1. The van der Waals surface area contributed by atoms with E-state index in [1.54, 1.807) is 24.3 Å². The molecule has 0 aromatic heterocycles. The molecule has 0 bridgehead atoms. The molecule has 3 N–H and O–H groups in total. The summed E-state index contributed by atoms with van der Waals surface area (Å²) in [6, 6.07) is 6.69. The number of ether oxygens (including phenoxy) is 1. The van der Waals surface area contributed by atoms with E-state index in [4.69, 9.17) is 14.9 Å². The van der Waals surface area contributed by atoms with Gasteiger partial charge in [-0.1, -0.05) is 12.1 Å². The normalized spacial score (nSPS) is 11.7. The van der Waals surface area contributed by atoms with Gasteiger partial charge in [-0.15, -0.1) is 0 Å². The van der Waals surface area contributed by atoms with E-state index in [0.717, 1.165) is 0 Å². The molecule has 1 aromatic carbocycles. The largest absolute Gasteiger partial charge is 0.496 e. The lowest BCUT2D eigenvalue weighted by Crippen LogP contribution is -2.30. The van der Waals surface area contributed by atoms with Crippen LogP contribution in [0, 0.1) is 0 Å².